The zero-order valence-corrected chi connectivity index (χ0v) is 25.5. The Labute approximate surface area is 252 Å². The van der Waals surface area contributed by atoms with E-state index in [1.165, 1.54) is 9.80 Å². The number of amides is 4. The average Bonchev–Trinajstić information content (AvgIpc) is 3.67. The maximum Gasteiger partial charge on any atom is 0.253 e. The third-order valence-electron chi connectivity index (χ3n) is 9.28. The summed E-state index contributed by atoms with van der Waals surface area (Å²) in [5, 5.41) is 12.8. The van der Waals surface area contributed by atoms with Gasteiger partial charge < -0.3 is 25.8 Å². The lowest BCUT2D eigenvalue weighted by atomic mass is 9.68. The van der Waals surface area contributed by atoms with Gasteiger partial charge in [-0.2, -0.15) is 5.26 Å². The quantitative estimate of drug-likeness (QED) is 0.485. The standard InChI is InChI=1S/C33H40N6O4/c1-19(36-18-29(40)39-25(17-34)14-24-15-28(24)39)16-33(32(35)43)26-10-8-22(30(41)37(2)3)12-20(26)6-7-21-13-23(9-11-27(21)33)31(42)38(4)5/h8-13,19,24-25,28,36H,6-7,14-16,18H2,1-5H3,(H2,35,43)/t19-,24?,25?,28+/m1/s1. The lowest BCUT2D eigenvalue weighted by molar-refractivity contribution is -0.131. The second-order valence-electron chi connectivity index (χ2n) is 12.6. The van der Waals surface area contributed by atoms with E-state index < -0.39 is 11.3 Å². The van der Waals surface area contributed by atoms with Crippen LogP contribution in [0.2, 0.25) is 0 Å². The number of carbonyl (C=O) groups excluding carboxylic acids is 4. The van der Waals surface area contributed by atoms with Gasteiger partial charge in [-0.1, -0.05) is 12.1 Å². The lowest BCUT2D eigenvalue weighted by Gasteiger charge is -2.36. The number of nitrogens with zero attached hydrogens (tertiary/aromatic N) is 4. The van der Waals surface area contributed by atoms with Crippen LogP contribution >= 0.6 is 0 Å². The molecule has 0 aromatic heterocycles. The molecule has 43 heavy (non-hydrogen) atoms. The van der Waals surface area contributed by atoms with Gasteiger partial charge in [-0.15, -0.1) is 0 Å². The molecule has 1 saturated heterocycles. The van der Waals surface area contributed by atoms with Gasteiger partial charge in [0, 0.05) is 51.4 Å². The Bertz CT molecular complexity index is 1450. The molecule has 1 heterocycles. The van der Waals surface area contributed by atoms with Gasteiger partial charge in [0.1, 0.15) is 11.5 Å². The summed E-state index contributed by atoms with van der Waals surface area (Å²) in [7, 11) is 6.78. The Morgan fingerprint density at radius 1 is 0.977 bits per heavy atom. The van der Waals surface area contributed by atoms with E-state index in [2.05, 4.69) is 11.4 Å². The molecule has 3 aliphatic rings. The Morgan fingerprint density at radius 3 is 1.98 bits per heavy atom. The van der Waals surface area contributed by atoms with Crippen molar-refractivity contribution in [2.24, 2.45) is 11.7 Å². The molecule has 2 aromatic carbocycles. The maximum atomic E-state index is 13.8. The van der Waals surface area contributed by atoms with Crippen LogP contribution in [0.3, 0.4) is 0 Å². The second-order valence-corrected chi connectivity index (χ2v) is 12.6. The molecule has 2 fully saturated rings. The van der Waals surface area contributed by atoms with E-state index in [-0.39, 0.29) is 48.8 Å². The van der Waals surface area contributed by atoms with Crippen LogP contribution in [0.4, 0.5) is 0 Å². The summed E-state index contributed by atoms with van der Waals surface area (Å²) < 4.78 is 0. The number of likely N-dealkylation sites (tertiary alicyclic amines) is 1. The van der Waals surface area contributed by atoms with Crippen LogP contribution in [0, 0.1) is 17.2 Å². The average molecular weight is 585 g/mol. The summed E-state index contributed by atoms with van der Waals surface area (Å²) in [6.45, 7) is 1.96. The van der Waals surface area contributed by atoms with Gasteiger partial charge in [0.05, 0.1) is 12.6 Å². The minimum Gasteiger partial charge on any atom is -0.369 e. The van der Waals surface area contributed by atoms with Gasteiger partial charge in [0.25, 0.3) is 11.8 Å². The Hall–Kier alpha value is -4.23. The normalized spacial score (nSPS) is 21.8. The first kappa shape index (κ1) is 30.2. The predicted octanol–water partition coefficient (Wildman–Crippen LogP) is 1.84. The molecule has 10 heteroatoms. The van der Waals surface area contributed by atoms with E-state index in [0.717, 1.165) is 35.1 Å². The number of nitrogens with two attached hydrogens (primary N) is 1. The highest BCUT2D eigenvalue weighted by molar-refractivity contribution is 5.97. The number of benzene rings is 2. The fourth-order valence-corrected chi connectivity index (χ4v) is 7.03. The number of fused-ring (bicyclic) bond motifs is 3. The minimum atomic E-state index is -1.28. The van der Waals surface area contributed by atoms with E-state index in [9.17, 15) is 24.4 Å². The molecule has 2 aromatic rings. The smallest absolute Gasteiger partial charge is 0.253 e. The van der Waals surface area contributed by atoms with E-state index in [1.54, 1.807) is 45.2 Å². The third kappa shape index (κ3) is 5.38. The number of piperidine rings is 1. The van der Waals surface area contributed by atoms with Crippen molar-refractivity contribution in [3.63, 3.8) is 0 Å². The first-order valence-corrected chi connectivity index (χ1v) is 14.8. The number of primary amides is 1. The minimum absolute atomic E-state index is 0.0453. The van der Waals surface area contributed by atoms with Crippen LogP contribution < -0.4 is 11.1 Å². The lowest BCUT2D eigenvalue weighted by Crippen LogP contribution is -2.49. The van der Waals surface area contributed by atoms with Crippen molar-refractivity contribution in [2.45, 2.75) is 62.6 Å². The van der Waals surface area contributed by atoms with Gasteiger partial charge in [-0.05, 0) is 91.5 Å². The molecular formula is C33H40N6O4. The van der Waals surface area contributed by atoms with E-state index in [1.807, 2.05) is 31.2 Å². The van der Waals surface area contributed by atoms with Crippen molar-refractivity contribution < 1.29 is 19.2 Å². The van der Waals surface area contributed by atoms with Crippen molar-refractivity contribution in [2.75, 3.05) is 34.7 Å². The van der Waals surface area contributed by atoms with Crippen molar-refractivity contribution in [1.82, 2.24) is 20.0 Å². The van der Waals surface area contributed by atoms with Crippen molar-refractivity contribution in [1.29, 1.82) is 5.26 Å². The number of aryl methyl sites for hydroxylation is 2. The monoisotopic (exact) mass is 584 g/mol. The van der Waals surface area contributed by atoms with Crippen LogP contribution in [0.5, 0.6) is 0 Å². The third-order valence-corrected chi connectivity index (χ3v) is 9.28. The van der Waals surface area contributed by atoms with E-state index in [0.29, 0.717) is 29.9 Å². The van der Waals surface area contributed by atoms with Gasteiger partial charge in [0.2, 0.25) is 11.8 Å². The molecule has 0 bridgehead atoms. The summed E-state index contributed by atoms with van der Waals surface area (Å²) >= 11 is 0. The fraction of sp³-hybridized carbons (Fsp3) is 0.485. The molecule has 226 valence electrons. The molecule has 1 saturated carbocycles. The van der Waals surface area contributed by atoms with Crippen LogP contribution in [-0.2, 0) is 27.8 Å². The van der Waals surface area contributed by atoms with Gasteiger partial charge >= 0.3 is 0 Å². The summed E-state index contributed by atoms with van der Waals surface area (Å²) in [6.07, 6.45) is 3.05. The predicted molar refractivity (Wildman–Crippen MR) is 161 cm³/mol. The molecule has 2 unspecified atom stereocenters. The number of carbonyl (C=O) groups is 4. The molecule has 4 amide bonds. The highest BCUT2D eigenvalue weighted by Crippen LogP contribution is 2.48. The van der Waals surface area contributed by atoms with Gasteiger partial charge in [-0.3, -0.25) is 19.2 Å². The van der Waals surface area contributed by atoms with Crippen LogP contribution in [-0.4, -0.2) is 91.2 Å². The summed E-state index contributed by atoms with van der Waals surface area (Å²) in [5.74, 6) is -0.511. The van der Waals surface area contributed by atoms with Crippen molar-refractivity contribution >= 4 is 23.6 Å². The number of hydrogen-bond donors (Lipinski definition) is 2. The van der Waals surface area contributed by atoms with Crippen LogP contribution in [0.15, 0.2) is 36.4 Å². The Balaban J connectivity index is 1.52. The van der Waals surface area contributed by atoms with Crippen molar-refractivity contribution in [3.8, 4) is 6.07 Å². The van der Waals surface area contributed by atoms with Crippen LogP contribution in [0.25, 0.3) is 0 Å². The number of hydrogen-bond acceptors (Lipinski definition) is 6. The topological polar surface area (TPSA) is 140 Å². The summed E-state index contributed by atoms with van der Waals surface area (Å²) in [5.41, 5.74) is 9.24. The molecule has 5 rings (SSSR count). The van der Waals surface area contributed by atoms with E-state index >= 15 is 0 Å². The Morgan fingerprint density at radius 2 is 1.51 bits per heavy atom. The highest BCUT2D eigenvalue weighted by atomic mass is 16.2. The maximum absolute atomic E-state index is 13.8. The fourth-order valence-electron chi connectivity index (χ4n) is 7.03. The zero-order chi connectivity index (χ0) is 31.2. The number of nitriles is 1. The van der Waals surface area contributed by atoms with Gasteiger partial charge in [-0.25, -0.2) is 0 Å². The van der Waals surface area contributed by atoms with Gasteiger partial charge in [0.15, 0.2) is 0 Å². The summed E-state index contributed by atoms with van der Waals surface area (Å²) in [4.78, 5) is 57.4. The molecule has 10 nitrogen and oxygen atoms in total. The Kier molecular flexibility index (Phi) is 8.05. The van der Waals surface area contributed by atoms with Crippen LogP contribution in [0.1, 0.15) is 69.2 Å². The molecule has 3 N–H and O–H groups in total. The SMILES string of the molecule is C[C@H](CC1(C(N)=O)c2ccc(C(=O)N(C)C)cc2CCc2cc(C(=O)N(C)C)ccc21)NCC(=O)N1C(C#N)CC2C[C@@H]21. The molecule has 2 aliphatic carbocycles. The molecular weight excluding hydrogens is 544 g/mol. The number of nitrogens with one attached hydrogen (secondary N) is 1. The molecule has 4 atom stereocenters. The first-order chi connectivity index (χ1) is 20.4. The summed E-state index contributed by atoms with van der Waals surface area (Å²) in [6, 6.07) is 12.5. The molecule has 1 aliphatic heterocycles. The van der Waals surface area contributed by atoms with Crippen molar-refractivity contribution in [3.05, 3.63) is 69.8 Å². The molecule has 0 spiro atoms. The zero-order valence-electron chi connectivity index (χ0n) is 25.5. The first-order valence-electron chi connectivity index (χ1n) is 14.8. The highest BCUT2D eigenvalue weighted by Gasteiger charge is 2.54. The largest absolute Gasteiger partial charge is 0.369 e. The molecule has 0 radical (unpaired) electrons. The van der Waals surface area contributed by atoms with E-state index in [4.69, 9.17) is 5.73 Å². The number of rotatable bonds is 8. The second kappa shape index (κ2) is 11.5.